The second kappa shape index (κ2) is 7.40. The van der Waals surface area contributed by atoms with E-state index < -0.39 is 0 Å². The monoisotopic (exact) mass is 393 g/mol. The van der Waals surface area contributed by atoms with Crippen molar-refractivity contribution >= 4 is 34.2 Å². The van der Waals surface area contributed by atoms with Gasteiger partial charge in [-0.15, -0.1) is 5.10 Å². The lowest BCUT2D eigenvalue weighted by molar-refractivity contribution is 0.579. The summed E-state index contributed by atoms with van der Waals surface area (Å²) in [5.74, 6) is 0.727. The molecule has 144 valence electrons. The molecule has 0 bridgehead atoms. The zero-order chi connectivity index (χ0) is 19.7. The molecule has 0 fully saturated rings. The van der Waals surface area contributed by atoms with Gasteiger partial charge in [0.2, 0.25) is 5.28 Å². The summed E-state index contributed by atoms with van der Waals surface area (Å²) in [5.41, 5.74) is 5.59. The van der Waals surface area contributed by atoms with Crippen molar-refractivity contribution in [2.75, 3.05) is 11.9 Å². The molecule has 1 aliphatic rings. The van der Waals surface area contributed by atoms with E-state index in [0.29, 0.717) is 13.1 Å². The van der Waals surface area contributed by atoms with Gasteiger partial charge in [0, 0.05) is 24.1 Å². The van der Waals surface area contributed by atoms with E-state index in [1.165, 1.54) is 11.3 Å². The minimum Gasteiger partial charge on any atom is -0.364 e. The van der Waals surface area contributed by atoms with Gasteiger partial charge in [-0.25, -0.2) is 4.52 Å². The molecule has 4 rings (SSSR count). The molecule has 0 aliphatic carbocycles. The number of rotatable bonds is 4. The summed E-state index contributed by atoms with van der Waals surface area (Å²) in [6, 6.07) is 14.3. The number of fused-ring (bicyclic) bond motifs is 1. The highest BCUT2D eigenvalue weighted by Crippen LogP contribution is 2.28. The zero-order valence-corrected chi connectivity index (χ0v) is 17.2. The molecule has 0 unspecified atom stereocenters. The van der Waals surface area contributed by atoms with Gasteiger partial charge in [0.05, 0.1) is 12.2 Å². The van der Waals surface area contributed by atoms with E-state index in [9.17, 15) is 0 Å². The maximum Gasteiger partial charge on any atom is 0.243 e. The molecule has 2 aromatic heterocycles. The van der Waals surface area contributed by atoms with Gasteiger partial charge in [-0.3, -0.25) is 4.99 Å². The molecule has 0 spiro atoms. The van der Waals surface area contributed by atoms with Crippen LogP contribution in [0.4, 0.5) is 5.82 Å². The van der Waals surface area contributed by atoms with Gasteiger partial charge >= 0.3 is 0 Å². The summed E-state index contributed by atoms with van der Waals surface area (Å²) in [4.78, 5) is 9.20. The fraction of sp³-hybridized carbons (Fsp3) is 0.318. The quantitative estimate of drug-likeness (QED) is 0.657. The van der Waals surface area contributed by atoms with Crippen LogP contribution in [0.1, 0.15) is 38.4 Å². The van der Waals surface area contributed by atoms with Crippen molar-refractivity contribution in [3.05, 3.63) is 65.1 Å². The first kappa shape index (κ1) is 18.7. The Kier molecular flexibility index (Phi) is 4.94. The third kappa shape index (κ3) is 3.80. The Bertz CT molecular complexity index is 1060. The first-order valence-corrected chi connectivity index (χ1v) is 9.86. The number of halogens is 1. The van der Waals surface area contributed by atoms with Crippen molar-refractivity contribution in [1.82, 2.24) is 14.6 Å². The van der Waals surface area contributed by atoms with Crippen LogP contribution in [0.15, 0.2) is 53.5 Å². The van der Waals surface area contributed by atoms with E-state index in [-0.39, 0.29) is 10.7 Å². The molecule has 1 aromatic carbocycles. The Labute approximate surface area is 170 Å². The lowest BCUT2D eigenvalue weighted by atomic mass is 9.86. The number of aliphatic imine (C=N–C) groups is 1. The predicted molar refractivity (Wildman–Crippen MR) is 116 cm³/mol. The highest BCUT2D eigenvalue weighted by Gasteiger charge is 2.22. The van der Waals surface area contributed by atoms with Crippen molar-refractivity contribution in [3.63, 3.8) is 0 Å². The second-order valence-electron chi connectivity index (χ2n) is 8.03. The van der Waals surface area contributed by atoms with Gasteiger partial charge in [-0.2, -0.15) is 4.98 Å². The van der Waals surface area contributed by atoms with E-state index in [1.54, 1.807) is 0 Å². The van der Waals surface area contributed by atoms with E-state index >= 15 is 0 Å². The van der Waals surface area contributed by atoms with Gasteiger partial charge in [0.15, 0.2) is 5.82 Å². The van der Waals surface area contributed by atoms with Crippen LogP contribution in [0.25, 0.3) is 11.1 Å². The van der Waals surface area contributed by atoms with E-state index in [1.807, 2.05) is 28.8 Å². The van der Waals surface area contributed by atoms with Crippen molar-refractivity contribution in [2.24, 2.45) is 10.4 Å². The molecule has 0 atom stereocenters. The number of allylic oxidation sites excluding steroid dienone is 1. The summed E-state index contributed by atoms with van der Waals surface area (Å²) in [6.45, 7) is 7.94. The van der Waals surface area contributed by atoms with Crippen LogP contribution >= 0.6 is 11.6 Å². The molecular weight excluding hydrogens is 370 g/mol. The third-order valence-electron chi connectivity index (χ3n) is 4.96. The fourth-order valence-electron chi connectivity index (χ4n) is 3.38. The molecule has 0 saturated heterocycles. The summed E-state index contributed by atoms with van der Waals surface area (Å²) >= 11 is 6.23. The van der Waals surface area contributed by atoms with Gasteiger partial charge in [-0.05, 0) is 34.9 Å². The lowest BCUT2D eigenvalue weighted by Crippen LogP contribution is -2.22. The first-order chi connectivity index (χ1) is 13.4. The molecule has 6 heteroatoms. The number of hydrogen-bond acceptors (Lipinski definition) is 4. The zero-order valence-electron chi connectivity index (χ0n) is 16.4. The van der Waals surface area contributed by atoms with Crippen molar-refractivity contribution in [3.8, 4) is 0 Å². The molecule has 28 heavy (non-hydrogen) atoms. The number of hydrogen-bond donors (Lipinski definition) is 1. The minimum atomic E-state index is 0.100. The molecule has 0 amide bonds. The Hall–Kier alpha value is -2.66. The maximum atomic E-state index is 6.23. The average molecular weight is 394 g/mol. The molecule has 3 aromatic rings. The first-order valence-electron chi connectivity index (χ1n) is 9.48. The van der Waals surface area contributed by atoms with Crippen LogP contribution in [0.3, 0.4) is 0 Å². The standard InChI is InChI=1S/C22H24ClN5/c1-22(2,3)19-12-9-16(14-24-19)17-10-11-18-20(26-21(23)27-28(17)18)25-13-15-7-5-4-6-8-15/h4-11H,12-14H2,1-3H3,(H,25,26,27). The summed E-state index contributed by atoms with van der Waals surface area (Å²) in [6.07, 6.45) is 3.12. The number of nitrogens with one attached hydrogen (secondary N) is 1. The van der Waals surface area contributed by atoms with Gasteiger partial charge in [0.1, 0.15) is 5.52 Å². The molecule has 1 aliphatic heterocycles. The topological polar surface area (TPSA) is 54.6 Å². The van der Waals surface area contributed by atoms with E-state index in [2.05, 4.69) is 60.4 Å². The Morgan fingerprint density at radius 1 is 1.11 bits per heavy atom. The summed E-state index contributed by atoms with van der Waals surface area (Å²) < 4.78 is 1.87. The molecular formula is C22H24ClN5. The Morgan fingerprint density at radius 3 is 2.57 bits per heavy atom. The SMILES string of the molecule is CC(C)(C)C1=NCC(c2ccc3c(NCc4ccccc4)nc(Cl)nn23)=CC1. The largest absolute Gasteiger partial charge is 0.364 e. The fourth-order valence-corrected chi connectivity index (χ4v) is 3.54. The number of aromatic nitrogens is 3. The van der Waals surface area contributed by atoms with Gasteiger partial charge in [0.25, 0.3) is 0 Å². The van der Waals surface area contributed by atoms with Crippen LogP contribution in [0.5, 0.6) is 0 Å². The summed E-state index contributed by atoms with van der Waals surface area (Å²) in [5, 5.41) is 8.04. The lowest BCUT2D eigenvalue weighted by Gasteiger charge is -2.24. The van der Waals surface area contributed by atoms with Crippen LogP contribution in [0.2, 0.25) is 5.28 Å². The van der Waals surface area contributed by atoms with Crippen molar-refractivity contribution in [1.29, 1.82) is 0 Å². The van der Waals surface area contributed by atoms with Gasteiger partial charge < -0.3 is 5.32 Å². The predicted octanol–water partition coefficient (Wildman–Crippen LogP) is 5.27. The third-order valence-corrected chi connectivity index (χ3v) is 5.12. The average Bonchev–Trinajstić information content (AvgIpc) is 3.10. The molecule has 1 N–H and O–H groups in total. The van der Waals surface area contributed by atoms with Crippen LogP contribution in [-0.4, -0.2) is 26.9 Å². The van der Waals surface area contributed by atoms with Crippen molar-refractivity contribution < 1.29 is 0 Å². The van der Waals surface area contributed by atoms with Crippen LogP contribution in [-0.2, 0) is 6.54 Å². The molecule has 0 radical (unpaired) electrons. The van der Waals surface area contributed by atoms with Crippen LogP contribution < -0.4 is 5.32 Å². The number of dihydropyridines is 1. The van der Waals surface area contributed by atoms with Crippen LogP contribution in [0, 0.1) is 5.41 Å². The molecule has 3 heterocycles. The van der Waals surface area contributed by atoms with E-state index in [4.69, 9.17) is 16.6 Å². The highest BCUT2D eigenvalue weighted by molar-refractivity contribution is 6.28. The Balaban J connectivity index is 1.62. The molecule has 5 nitrogen and oxygen atoms in total. The number of anilines is 1. The van der Waals surface area contributed by atoms with Crippen molar-refractivity contribution in [2.45, 2.75) is 33.7 Å². The second-order valence-corrected chi connectivity index (χ2v) is 8.37. The normalized spacial score (nSPS) is 14.7. The smallest absolute Gasteiger partial charge is 0.243 e. The molecule has 0 saturated carbocycles. The number of benzene rings is 1. The summed E-state index contributed by atoms with van der Waals surface area (Å²) in [7, 11) is 0. The maximum absolute atomic E-state index is 6.23. The van der Waals surface area contributed by atoms with Gasteiger partial charge in [-0.1, -0.05) is 57.2 Å². The number of nitrogens with zero attached hydrogens (tertiary/aromatic N) is 4. The highest BCUT2D eigenvalue weighted by atomic mass is 35.5. The Morgan fingerprint density at radius 2 is 1.89 bits per heavy atom. The minimum absolute atomic E-state index is 0.100. The van der Waals surface area contributed by atoms with E-state index in [0.717, 1.165) is 29.0 Å².